The number of rotatable bonds is 1. The van der Waals surface area contributed by atoms with Crippen molar-refractivity contribution < 1.29 is 0 Å². The summed E-state index contributed by atoms with van der Waals surface area (Å²) in [6, 6.07) is 0. The first-order valence-corrected chi connectivity index (χ1v) is 9.37. The second-order valence-electron chi connectivity index (χ2n) is 2.58. The second kappa shape index (κ2) is 5.95. The van der Waals surface area contributed by atoms with Crippen molar-refractivity contribution in [2.75, 3.05) is 0 Å². The van der Waals surface area contributed by atoms with Crippen LogP contribution in [-0.4, -0.2) is 0 Å². The normalized spacial score (nSPS) is 15.6. The van der Waals surface area contributed by atoms with Gasteiger partial charge >= 0.3 is 0 Å². The molecule has 0 spiro atoms. The van der Waals surface area contributed by atoms with Crippen LogP contribution in [0.1, 0.15) is 26.7 Å². The van der Waals surface area contributed by atoms with Gasteiger partial charge in [0.05, 0.1) is 0 Å². The van der Waals surface area contributed by atoms with Crippen LogP contribution in [0.2, 0.25) is 0 Å². The maximum absolute atomic E-state index is 2.36. The van der Waals surface area contributed by atoms with E-state index in [1.807, 2.05) is 0 Å². The summed E-state index contributed by atoms with van der Waals surface area (Å²) in [6.07, 6.45) is 5.23. The fourth-order valence-corrected chi connectivity index (χ4v) is 0.734. The monoisotopic (exact) mass is 350 g/mol. The van der Waals surface area contributed by atoms with E-state index in [-0.39, 0.29) is 0 Å². The van der Waals surface area contributed by atoms with Crippen molar-refractivity contribution >= 4 is 37.2 Å². The summed E-state index contributed by atoms with van der Waals surface area (Å²) in [7, 11) is 0. The van der Waals surface area contributed by atoms with Crippen molar-refractivity contribution in [3.05, 3.63) is 11.6 Å². The van der Waals surface area contributed by atoms with Gasteiger partial charge in [-0.2, -0.15) is 0 Å². The lowest BCUT2D eigenvalue weighted by Crippen LogP contribution is -1.65. The molecule has 0 heterocycles. The summed E-state index contributed by atoms with van der Waals surface area (Å²) in [5, 5.41) is 0. The highest BCUT2D eigenvalue weighted by atomic mass is 128. The predicted molar refractivity (Wildman–Crippen MR) is 60.2 cm³/mol. The topological polar surface area (TPSA) is 0 Å². The zero-order valence-electron chi connectivity index (χ0n) is 5.82. The summed E-state index contributed by atoms with van der Waals surface area (Å²) in [5.41, 5.74) is 1.47. The van der Waals surface area contributed by atoms with Crippen molar-refractivity contribution in [1.82, 2.24) is 0 Å². The Morgan fingerprint density at radius 2 is 1.78 bits per heavy atom. The van der Waals surface area contributed by atoms with Gasteiger partial charge in [0.25, 0.3) is 0 Å². The molecule has 0 aromatic carbocycles. The number of allylic oxidation sites excluding steroid dienone is 2. The summed E-state index contributed by atoms with van der Waals surface area (Å²) >= 11 is 4.24. The molecular formula is C7H12I2. The van der Waals surface area contributed by atoms with E-state index in [0.29, 0.717) is 0 Å². The summed E-state index contributed by atoms with van der Waals surface area (Å²) in [4.78, 5) is 0. The largest absolute Gasteiger partial charge is 0.0828 e. The van der Waals surface area contributed by atoms with Crippen molar-refractivity contribution in [3.63, 3.8) is 0 Å². The quantitative estimate of drug-likeness (QED) is 0.493. The zero-order valence-corrected chi connectivity index (χ0v) is 10.1. The Bertz CT molecular complexity index is 89.1. The SMILES string of the molecule is CC(C)=CC1CC1.II. The van der Waals surface area contributed by atoms with Gasteiger partial charge in [-0.05, 0) is 32.6 Å². The summed E-state index contributed by atoms with van der Waals surface area (Å²) in [5.74, 6) is 0.963. The molecule has 0 N–H and O–H groups in total. The van der Waals surface area contributed by atoms with Crippen molar-refractivity contribution in [2.24, 2.45) is 5.92 Å². The molecular weight excluding hydrogens is 338 g/mol. The molecule has 1 rings (SSSR count). The Morgan fingerprint density at radius 3 is 1.89 bits per heavy atom. The van der Waals surface area contributed by atoms with Crippen molar-refractivity contribution in [3.8, 4) is 0 Å². The molecule has 0 nitrogen and oxygen atoms in total. The fraction of sp³-hybridized carbons (Fsp3) is 0.714. The molecule has 2 heteroatoms. The lowest BCUT2D eigenvalue weighted by atomic mass is 10.3. The Hall–Kier alpha value is 1.20. The lowest BCUT2D eigenvalue weighted by Gasteiger charge is -1.82. The molecule has 0 atom stereocenters. The van der Waals surface area contributed by atoms with Crippen LogP contribution in [0.15, 0.2) is 11.6 Å². The molecule has 0 bridgehead atoms. The maximum Gasteiger partial charge on any atom is 0 e. The molecule has 0 aromatic rings. The van der Waals surface area contributed by atoms with Crippen LogP contribution in [0.4, 0.5) is 0 Å². The van der Waals surface area contributed by atoms with Gasteiger partial charge in [-0.15, -0.1) is 0 Å². The van der Waals surface area contributed by atoms with E-state index in [4.69, 9.17) is 0 Å². The van der Waals surface area contributed by atoms with E-state index in [2.05, 4.69) is 57.2 Å². The highest BCUT2D eigenvalue weighted by Gasteiger charge is 2.17. The third-order valence-electron chi connectivity index (χ3n) is 1.19. The number of halogens is 2. The van der Waals surface area contributed by atoms with E-state index in [1.165, 1.54) is 18.4 Å². The van der Waals surface area contributed by atoms with Crippen LogP contribution in [0.5, 0.6) is 0 Å². The summed E-state index contributed by atoms with van der Waals surface area (Å²) < 4.78 is 0. The molecule has 0 unspecified atom stereocenters. The Balaban J connectivity index is 0.000000291. The molecule has 9 heavy (non-hydrogen) atoms. The highest BCUT2D eigenvalue weighted by Crippen LogP contribution is 2.30. The zero-order chi connectivity index (χ0) is 7.28. The molecule has 1 aliphatic carbocycles. The average molecular weight is 350 g/mol. The molecule has 0 saturated heterocycles. The van der Waals surface area contributed by atoms with Crippen LogP contribution < -0.4 is 0 Å². The van der Waals surface area contributed by atoms with Gasteiger partial charge in [0, 0.05) is 37.2 Å². The van der Waals surface area contributed by atoms with E-state index in [0.717, 1.165) is 5.92 Å². The van der Waals surface area contributed by atoms with E-state index >= 15 is 0 Å². The van der Waals surface area contributed by atoms with E-state index in [1.54, 1.807) is 0 Å². The van der Waals surface area contributed by atoms with Gasteiger partial charge in [0.1, 0.15) is 0 Å². The van der Waals surface area contributed by atoms with Crippen LogP contribution >= 0.6 is 37.2 Å². The Kier molecular flexibility index (Phi) is 6.74. The molecule has 1 aliphatic rings. The minimum Gasteiger partial charge on any atom is -0.0828 e. The minimum absolute atomic E-state index is 0.963. The van der Waals surface area contributed by atoms with E-state index < -0.39 is 0 Å². The van der Waals surface area contributed by atoms with Crippen LogP contribution in [0.3, 0.4) is 0 Å². The van der Waals surface area contributed by atoms with Gasteiger partial charge in [0.15, 0.2) is 0 Å². The molecule has 1 saturated carbocycles. The average Bonchev–Trinajstić information content (AvgIpc) is 2.55. The lowest BCUT2D eigenvalue weighted by molar-refractivity contribution is 1.09. The smallest absolute Gasteiger partial charge is 0 e. The van der Waals surface area contributed by atoms with Gasteiger partial charge < -0.3 is 0 Å². The first-order chi connectivity index (χ1) is 4.29. The Morgan fingerprint density at radius 1 is 1.33 bits per heavy atom. The molecule has 1 fully saturated rings. The Labute approximate surface area is 80.8 Å². The van der Waals surface area contributed by atoms with Crippen LogP contribution in [-0.2, 0) is 0 Å². The number of hydrogen-bond donors (Lipinski definition) is 0. The van der Waals surface area contributed by atoms with E-state index in [9.17, 15) is 0 Å². The number of hydrogen-bond acceptors (Lipinski definition) is 0. The minimum atomic E-state index is 0.963. The third kappa shape index (κ3) is 7.09. The molecule has 0 aromatic heterocycles. The molecule has 0 aliphatic heterocycles. The first-order valence-electron chi connectivity index (χ1n) is 3.08. The fourth-order valence-electron chi connectivity index (χ4n) is 0.734. The summed E-state index contributed by atoms with van der Waals surface area (Å²) in [6.45, 7) is 4.33. The van der Waals surface area contributed by atoms with Crippen molar-refractivity contribution in [1.29, 1.82) is 0 Å². The highest BCUT2D eigenvalue weighted by molar-refractivity contribution is 15.0. The van der Waals surface area contributed by atoms with Crippen molar-refractivity contribution in [2.45, 2.75) is 26.7 Å². The first kappa shape index (κ1) is 10.2. The molecule has 0 radical (unpaired) electrons. The second-order valence-corrected chi connectivity index (χ2v) is 2.58. The third-order valence-corrected chi connectivity index (χ3v) is 1.19. The molecule has 0 amide bonds. The van der Waals surface area contributed by atoms with Crippen LogP contribution in [0, 0.1) is 5.92 Å². The predicted octanol–water partition coefficient (Wildman–Crippen LogP) is 4.13. The molecule has 54 valence electrons. The van der Waals surface area contributed by atoms with Gasteiger partial charge in [0.2, 0.25) is 0 Å². The standard InChI is InChI=1S/C7H12.I2/c1-6(2)5-7-3-4-7;1-2/h5,7H,3-4H2,1-2H3;. The van der Waals surface area contributed by atoms with Gasteiger partial charge in [-0.3, -0.25) is 0 Å². The van der Waals surface area contributed by atoms with Crippen LogP contribution in [0.25, 0.3) is 0 Å². The van der Waals surface area contributed by atoms with Gasteiger partial charge in [-0.1, -0.05) is 11.6 Å². The maximum atomic E-state index is 2.36. The van der Waals surface area contributed by atoms with Gasteiger partial charge in [-0.25, -0.2) is 0 Å².